The van der Waals surface area contributed by atoms with Crippen molar-refractivity contribution in [3.63, 3.8) is 0 Å². The summed E-state index contributed by atoms with van der Waals surface area (Å²) in [6, 6.07) is 7.94. The summed E-state index contributed by atoms with van der Waals surface area (Å²) in [5.41, 5.74) is 1.09. The van der Waals surface area contributed by atoms with Crippen LogP contribution in [0, 0.1) is 0 Å². The number of benzene rings is 1. The molecule has 126 valence electrons. The van der Waals surface area contributed by atoms with Gasteiger partial charge in [0.1, 0.15) is 11.5 Å². The molecule has 0 bridgehead atoms. The SMILES string of the molecule is C=CCc1ccccc1O[C@H](C=C)C(=C)O[Si](C)(C)C(C)(C)C. The fourth-order valence-corrected chi connectivity index (χ4v) is 2.94. The molecule has 0 fully saturated rings. The van der Waals surface area contributed by atoms with E-state index in [-0.39, 0.29) is 11.1 Å². The van der Waals surface area contributed by atoms with Gasteiger partial charge in [0, 0.05) is 0 Å². The Kier molecular flexibility index (Phi) is 6.45. The zero-order chi connectivity index (χ0) is 17.7. The minimum Gasteiger partial charge on any atom is -0.544 e. The summed E-state index contributed by atoms with van der Waals surface area (Å²) in [5, 5.41) is 0.113. The van der Waals surface area contributed by atoms with E-state index in [2.05, 4.69) is 53.6 Å². The molecule has 1 aromatic rings. The second-order valence-corrected chi connectivity index (χ2v) is 11.9. The van der Waals surface area contributed by atoms with Crippen molar-refractivity contribution in [2.45, 2.75) is 51.4 Å². The highest BCUT2D eigenvalue weighted by Gasteiger charge is 2.40. The Balaban J connectivity index is 2.91. The topological polar surface area (TPSA) is 18.5 Å². The van der Waals surface area contributed by atoms with Crippen molar-refractivity contribution < 1.29 is 9.16 Å². The molecule has 3 heteroatoms. The Morgan fingerprint density at radius 3 is 2.35 bits per heavy atom. The van der Waals surface area contributed by atoms with Crippen molar-refractivity contribution in [2.75, 3.05) is 0 Å². The monoisotopic (exact) mass is 330 g/mol. The summed E-state index contributed by atoms with van der Waals surface area (Å²) in [5.74, 6) is 1.44. The predicted molar refractivity (Wildman–Crippen MR) is 102 cm³/mol. The Bertz CT molecular complexity index is 567. The van der Waals surface area contributed by atoms with Gasteiger partial charge in [-0.2, -0.15) is 0 Å². The lowest BCUT2D eigenvalue weighted by molar-refractivity contribution is 0.215. The lowest BCUT2D eigenvalue weighted by Crippen LogP contribution is -2.42. The van der Waals surface area contributed by atoms with Gasteiger partial charge in [0.15, 0.2) is 6.10 Å². The van der Waals surface area contributed by atoms with Gasteiger partial charge in [0.05, 0.1) is 0 Å². The van der Waals surface area contributed by atoms with E-state index in [0.29, 0.717) is 5.76 Å². The van der Waals surface area contributed by atoms with Crippen LogP contribution in [0.2, 0.25) is 18.1 Å². The van der Waals surface area contributed by atoms with Crippen LogP contribution in [0.15, 0.2) is 61.9 Å². The maximum absolute atomic E-state index is 6.26. The van der Waals surface area contributed by atoms with Crippen LogP contribution < -0.4 is 4.74 Å². The number of rotatable bonds is 8. The fourth-order valence-electron chi connectivity index (χ4n) is 1.86. The first kappa shape index (κ1) is 19.3. The molecule has 2 nitrogen and oxygen atoms in total. The minimum absolute atomic E-state index is 0.113. The van der Waals surface area contributed by atoms with Crippen LogP contribution in [-0.4, -0.2) is 14.4 Å². The summed E-state index contributed by atoms with van der Waals surface area (Å²) >= 11 is 0. The first-order valence-electron chi connectivity index (χ1n) is 7.98. The van der Waals surface area contributed by atoms with Gasteiger partial charge in [0.2, 0.25) is 8.32 Å². The van der Waals surface area contributed by atoms with E-state index in [1.54, 1.807) is 6.08 Å². The molecule has 0 aliphatic carbocycles. The maximum Gasteiger partial charge on any atom is 0.250 e. The average molecular weight is 331 g/mol. The van der Waals surface area contributed by atoms with E-state index in [1.807, 2.05) is 30.3 Å². The molecule has 0 aliphatic heterocycles. The number of hydrogen-bond acceptors (Lipinski definition) is 2. The fraction of sp³-hybridized carbons (Fsp3) is 0.400. The van der Waals surface area contributed by atoms with Crippen LogP contribution in [0.1, 0.15) is 26.3 Å². The Labute approximate surface area is 142 Å². The van der Waals surface area contributed by atoms with Crippen molar-refractivity contribution in [2.24, 2.45) is 0 Å². The molecule has 0 aliphatic rings. The summed E-state index contributed by atoms with van der Waals surface area (Å²) in [7, 11) is -1.94. The van der Waals surface area contributed by atoms with Crippen LogP contribution in [0.4, 0.5) is 0 Å². The van der Waals surface area contributed by atoms with Crippen molar-refractivity contribution in [1.29, 1.82) is 0 Å². The number of allylic oxidation sites excluding steroid dienone is 1. The molecule has 0 N–H and O–H groups in total. The molecule has 0 radical (unpaired) electrons. The smallest absolute Gasteiger partial charge is 0.250 e. The molecule has 0 saturated carbocycles. The first-order chi connectivity index (χ1) is 10.6. The second kappa shape index (κ2) is 7.69. The van der Waals surface area contributed by atoms with E-state index in [0.717, 1.165) is 17.7 Å². The van der Waals surface area contributed by atoms with Gasteiger partial charge in [-0.25, -0.2) is 0 Å². The van der Waals surface area contributed by atoms with Crippen LogP contribution in [0.5, 0.6) is 5.75 Å². The van der Waals surface area contributed by atoms with Crippen LogP contribution in [0.25, 0.3) is 0 Å². The lowest BCUT2D eigenvalue weighted by atomic mass is 10.1. The molecule has 0 saturated heterocycles. The van der Waals surface area contributed by atoms with Crippen molar-refractivity contribution in [3.05, 3.63) is 67.5 Å². The van der Waals surface area contributed by atoms with Crippen LogP contribution in [0.3, 0.4) is 0 Å². The molecule has 0 amide bonds. The quantitative estimate of drug-likeness (QED) is 0.336. The number of para-hydroxylation sites is 1. The summed E-state index contributed by atoms with van der Waals surface area (Å²) in [6.07, 6.45) is 4.00. The third-order valence-corrected chi connectivity index (χ3v) is 8.70. The summed E-state index contributed by atoms with van der Waals surface area (Å²) in [6.45, 7) is 22.8. The molecule has 0 aromatic heterocycles. The standard InChI is InChI=1S/C20H30O2Si/c1-9-13-17-14-11-12-15-19(17)21-18(10-2)16(3)22-23(7,8)20(4,5)6/h9-12,14-15,18H,1-3,13H2,4-8H3/t18-/m1/s1. The molecule has 23 heavy (non-hydrogen) atoms. The van der Waals surface area contributed by atoms with E-state index in [9.17, 15) is 0 Å². The molecule has 1 rings (SSSR count). The van der Waals surface area contributed by atoms with Crippen molar-refractivity contribution in [3.8, 4) is 5.75 Å². The molecule has 1 atom stereocenters. The highest BCUT2D eigenvalue weighted by atomic mass is 28.4. The maximum atomic E-state index is 6.26. The number of ether oxygens (including phenoxy) is 1. The zero-order valence-electron chi connectivity index (χ0n) is 15.2. The van der Waals surface area contributed by atoms with E-state index in [1.165, 1.54) is 0 Å². The van der Waals surface area contributed by atoms with Gasteiger partial charge < -0.3 is 9.16 Å². The highest BCUT2D eigenvalue weighted by molar-refractivity contribution is 6.74. The van der Waals surface area contributed by atoms with Gasteiger partial charge in [-0.3, -0.25) is 0 Å². The zero-order valence-corrected chi connectivity index (χ0v) is 16.2. The van der Waals surface area contributed by atoms with E-state index >= 15 is 0 Å². The molecule has 0 heterocycles. The largest absolute Gasteiger partial charge is 0.544 e. The average Bonchev–Trinajstić information content (AvgIpc) is 2.44. The Morgan fingerprint density at radius 1 is 1.22 bits per heavy atom. The normalized spacial score (nSPS) is 13.1. The van der Waals surface area contributed by atoms with Gasteiger partial charge in [-0.05, 0) is 42.3 Å². The van der Waals surface area contributed by atoms with Crippen LogP contribution in [-0.2, 0) is 10.8 Å². The number of hydrogen-bond donors (Lipinski definition) is 0. The Morgan fingerprint density at radius 2 is 1.83 bits per heavy atom. The molecule has 0 unspecified atom stereocenters. The van der Waals surface area contributed by atoms with Gasteiger partial charge in [-0.1, -0.05) is 58.2 Å². The molecule has 1 aromatic carbocycles. The lowest BCUT2D eigenvalue weighted by Gasteiger charge is -2.38. The van der Waals surface area contributed by atoms with E-state index in [4.69, 9.17) is 9.16 Å². The predicted octanol–water partition coefficient (Wildman–Crippen LogP) is 5.88. The van der Waals surface area contributed by atoms with Gasteiger partial charge in [0.25, 0.3) is 0 Å². The third kappa shape index (κ3) is 5.14. The minimum atomic E-state index is -1.94. The van der Waals surface area contributed by atoms with Gasteiger partial charge >= 0.3 is 0 Å². The highest BCUT2D eigenvalue weighted by Crippen LogP contribution is 2.38. The second-order valence-electron chi connectivity index (χ2n) is 7.20. The van der Waals surface area contributed by atoms with Gasteiger partial charge in [-0.15, -0.1) is 6.58 Å². The van der Waals surface area contributed by atoms with E-state index < -0.39 is 8.32 Å². The first-order valence-corrected chi connectivity index (χ1v) is 10.9. The summed E-state index contributed by atoms with van der Waals surface area (Å²) < 4.78 is 12.4. The molecular weight excluding hydrogens is 300 g/mol. The van der Waals surface area contributed by atoms with Crippen molar-refractivity contribution in [1.82, 2.24) is 0 Å². The Hall–Kier alpha value is -1.74. The molecule has 0 spiro atoms. The third-order valence-electron chi connectivity index (χ3n) is 4.31. The van der Waals surface area contributed by atoms with Crippen molar-refractivity contribution >= 4 is 8.32 Å². The molecular formula is C20H30O2Si. The summed E-state index contributed by atoms with van der Waals surface area (Å²) in [4.78, 5) is 0. The van der Waals surface area contributed by atoms with Crippen LogP contribution >= 0.6 is 0 Å².